The number of carbonyl (C=O) groups excluding carboxylic acids is 1. The molecule has 150 valence electrons. The molecule has 1 saturated heterocycles. The number of benzene rings is 1. The van der Waals surface area contributed by atoms with Gasteiger partial charge in [0.2, 0.25) is 0 Å². The highest BCUT2D eigenvalue weighted by molar-refractivity contribution is 5.74. The Labute approximate surface area is 162 Å². The number of hydrogen-bond acceptors (Lipinski definition) is 5. The van der Waals surface area contributed by atoms with Crippen molar-refractivity contribution in [3.63, 3.8) is 0 Å². The molecule has 0 aromatic heterocycles. The van der Waals surface area contributed by atoms with Gasteiger partial charge in [-0.05, 0) is 39.1 Å². The van der Waals surface area contributed by atoms with Crippen LogP contribution in [0, 0.1) is 0 Å². The minimum atomic E-state index is -0.150. The Hall–Kier alpha value is -1.99. The maximum absolute atomic E-state index is 12.5. The van der Waals surface area contributed by atoms with Crippen LogP contribution in [0.5, 0.6) is 11.5 Å². The largest absolute Gasteiger partial charge is 0.486 e. The van der Waals surface area contributed by atoms with E-state index in [1.54, 1.807) is 4.90 Å². The van der Waals surface area contributed by atoms with Crippen molar-refractivity contribution in [1.29, 1.82) is 0 Å². The lowest BCUT2D eigenvalue weighted by Gasteiger charge is -2.34. The Balaban J connectivity index is 1.39. The smallest absolute Gasteiger partial charge is 0.317 e. The van der Waals surface area contributed by atoms with Crippen molar-refractivity contribution in [2.24, 2.45) is 0 Å². The molecule has 0 spiro atoms. The number of likely N-dealkylation sites (tertiary alicyclic amines) is 1. The minimum Gasteiger partial charge on any atom is -0.486 e. The normalized spacial score (nSPS) is 20.5. The van der Waals surface area contributed by atoms with Crippen molar-refractivity contribution in [2.75, 3.05) is 60.5 Å². The molecule has 0 saturated carbocycles. The second-order valence-electron chi connectivity index (χ2n) is 7.75. The van der Waals surface area contributed by atoms with Gasteiger partial charge >= 0.3 is 6.03 Å². The van der Waals surface area contributed by atoms with E-state index in [4.69, 9.17) is 9.47 Å². The van der Waals surface area contributed by atoms with Crippen molar-refractivity contribution in [3.8, 4) is 11.5 Å². The molecule has 2 aliphatic heterocycles. The number of urea groups is 1. The van der Waals surface area contributed by atoms with Gasteiger partial charge in [-0.1, -0.05) is 12.1 Å². The van der Waals surface area contributed by atoms with E-state index < -0.39 is 0 Å². The number of nitrogens with one attached hydrogen (secondary N) is 1. The third-order valence-corrected chi connectivity index (χ3v) is 5.17. The summed E-state index contributed by atoms with van der Waals surface area (Å²) < 4.78 is 11.7. The second-order valence-corrected chi connectivity index (χ2v) is 7.75. The van der Waals surface area contributed by atoms with Gasteiger partial charge in [0.15, 0.2) is 17.6 Å². The van der Waals surface area contributed by atoms with Crippen LogP contribution in [-0.2, 0) is 0 Å². The van der Waals surface area contributed by atoms with E-state index in [0.29, 0.717) is 13.2 Å². The highest BCUT2D eigenvalue weighted by Gasteiger charge is 2.26. The number of piperidine rings is 1. The van der Waals surface area contributed by atoms with Crippen LogP contribution in [-0.4, -0.2) is 93.4 Å². The summed E-state index contributed by atoms with van der Waals surface area (Å²) in [6.45, 7) is 5.21. The molecule has 27 heavy (non-hydrogen) atoms. The summed E-state index contributed by atoms with van der Waals surface area (Å²) in [5.41, 5.74) is 0. The summed E-state index contributed by atoms with van der Waals surface area (Å²) in [4.78, 5) is 18.9. The van der Waals surface area contributed by atoms with Crippen LogP contribution in [0.15, 0.2) is 24.3 Å². The van der Waals surface area contributed by atoms with Crippen LogP contribution in [0.4, 0.5) is 4.79 Å². The number of ether oxygens (including phenoxy) is 2. The summed E-state index contributed by atoms with van der Waals surface area (Å²) in [6.07, 6.45) is 1.86. The maximum atomic E-state index is 12.5. The Bertz CT molecular complexity index is 617. The molecule has 1 atom stereocenters. The molecule has 2 aliphatic rings. The van der Waals surface area contributed by atoms with E-state index in [1.807, 2.05) is 31.3 Å². The van der Waals surface area contributed by atoms with Crippen LogP contribution < -0.4 is 14.8 Å². The van der Waals surface area contributed by atoms with Gasteiger partial charge in [-0.3, -0.25) is 0 Å². The predicted molar refractivity (Wildman–Crippen MR) is 106 cm³/mol. The zero-order valence-corrected chi connectivity index (χ0v) is 16.7. The zero-order valence-electron chi connectivity index (χ0n) is 16.7. The molecule has 2 heterocycles. The van der Waals surface area contributed by atoms with E-state index in [2.05, 4.69) is 29.2 Å². The zero-order chi connectivity index (χ0) is 19.2. The molecule has 3 rings (SSSR count). The van der Waals surface area contributed by atoms with Gasteiger partial charge in [0, 0.05) is 39.3 Å². The number of hydrogen-bond donors (Lipinski definition) is 1. The number of amides is 2. The van der Waals surface area contributed by atoms with E-state index in [-0.39, 0.29) is 18.2 Å². The third kappa shape index (κ3) is 5.74. The van der Waals surface area contributed by atoms with Gasteiger partial charge in [-0.2, -0.15) is 0 Å². The number of nitrogens with zero attached hydrogens (tertiary/aromatic N) is 3. The van der Waals surface area contributed by atoms with Crippen molar-refractivity contribution < 1.29 is 14.3 Å². The Morgan fingerprint density at radius 1 is 1.19 bits per heavy atom. The van der Waals surface area contributed by atoms with Gasteiger partial charge in [0.05, 0.1) is 6.54 Å². The fourth-order valence-corrected chi connectivity index (χ4v) is 3.47. The number of para-hydroxylation sites is 2. The van der Waals surface area contributed by atoms with E-state index in [0.717, 1.165) is 50.5 Å². The van der Waals surface area contributed by atoms with Gasteiger partial charge < -0.3 is 29.5 Å². The van der Waals surface area contributed by atoms with Crippen molar-refractivity contribution in [1.82, 2.24) is 20.0 Å². The molecule has 7 heteroatoms. The molecule has 7 nitrogen and oxygen atoms in total. The minimum absolute atomic E-state index is 0.0378. The number of rotatable bonds is 6. The average molecular weight is 377 g/mol. The molecular formula is C20H32N4O3. The topological polar surface area (TPSA) is 57.3 Å². The van der Waals surface area contributed by atoms with Crippen molar-refractivity contribution in [3.05, 3.63) is 24.3 Å². The molecule has 1 aromatic carbocycles. The molecule has 1 N–H and O–H groups in total. The quantitative estimate of drug-likeness (QED) is 0.815. The van der Waals surface area contributed by atoms with E-state index in [9.17, 15) is 4.79 Å². The summed E-state index contributed by atoms with van der Waals surface area (Å²) in [7, 11) is 6.01. The number of fused-ring (bicyclic) bond motifs is 1. The fraction of sp³-hybridized carbons (Fsp3) is 0.650. The molecule has 2 amide bonds. The molecule has 0 unspecified atom stereocenters. The predicted octanol–water partition coefficient (Wildman–Crippen LogP) is 1.49. The van der Waals surface area contributed by atoms with E-state index in [1.165, 1.54) is 0 Å². The molecule has 0 bridgehead atoms. The Morgan fingerprint density at radius 2 is 1.89 bits per heavy atom. The third-order valence-electron chi connectivity index (χ3n) is 5.17. The van der Waals surface area contributed by atoms with Gasteiger partial charge in [0.1, 0.15) is 6.61 Å². The standard InChI is InChI=1S/C20H32N4O3/c1-22(2)12-13-24-10-8-16(9-11-24)21-20(25)23(3)14-17-15-26-18-6-4-5-7-19(18)27-17/h4-7,16-17H,8-15H2,1-3H3,(H,21,25)/t17-/m1/s1. The summed E-state index contributed by atoms with van der Waals surface area (Å²) in [6, 6.07) is 7.85. The summed E-state index contributed by atoms with van der Waals surface area (Å²) >= 11 is 0. The van der Waals surface area contributed by atoms with Crippen molar-refractivity contribution >= 4 is 6.03 Å². The number of carbonyl (C=O) groups is 1. The molecular weight excluding hydrogens is 344 g/mol. The Morgan fingerprint density at radius 3 is 2.59 bits per heavy atom. The molecule has 0 radical (unpaired) electrons. The van der Waals surface area contributed by atoms with Crippen LogP contribution in [0.2, 0.25) is 0 Å². The highest BCUT2D eigenvalue weighted by Crippen LogP contribution is 2.30. The monoisotopic (exact) mass is 376 g/mol. The fourth-order valence-electron chi connectivity index (χ4n) is 3.47. The van der Waals surface area contributed by atoms with Crippen molar-refractivity contribution in [2.45, 2.75) is 25.0 Å². The van der Waals surface area contributed by atoms with Crippen LogP contribution in [0.3, 0.4) is 0 Å². The summed E-state index contributed by atoms with van der Waals surface area (Å²) in [5, 5.41) is 3.17. The molecule has 1 aromatic rings. The number of likely N-dealkylation sites (N-methyl/N-ethyl adjacent to an activating group) is 2. The molecule has 1 fully saturated rings. The van der Waals surface area contributed by atoms with Crippen LogP contribution in [0.1, 0.15) is 12.8 Å². The van der Waals surface area contributed by atoms with Crippen LogP contribution >= 0.6 is 0 Å². The maximum Gasteiger partial charge on any atom is 0.317 e. The summed E-state index contributed by atoms with van der Waals surface area (Å²) in [5.74, 6) is 1.51. The van der Waals surface area contributed by atoms with E-state index >= 15 is 0 Å². The Kier molecular flexibility index (Phi) is 6.79. The second kappa shape index (κ2) is 9.28. The van der Waals surface area contributed by atoms with Gasteiger partial charge in [-0.15, -0.1) is 0 Å². The molecule has 0 aliphatic carbocycles. The highest BCUT2D eigenvalue weighted by atomic mass is 16.6. The first-order valence-corrected chi connectivity index (χ1v) is 9.78. The lowest BCUT2D eigenvalue weighted by atomic mass is 10.1. The average Bonchev–Trinajstić information content (AvgIpc) is 2.67. The first kappa shape index (κ1) is 19.8. The lowest BCUT2D eigenvalue weighted by Crippen LogP contribution is -2.51. The SMILES string of the molecule is CN(C)CCN1CCC(NC(=O)N(C)C[C@@H]2COc3ccccc3O2)CC1. The van der Waals surface area contributed by atoms with Gasteiger partial charge in [-0.25, -0.2) is 4.79 Å². The lowest BCUT2D eigenvalue weighted by molar-refractivity contribution is 0.0707. The first-order chi connectivity index (χ1) is 13.0. The van der Waals surface area contributed by atoms with Crippen LogP contribution in [0.25, 0.3) is 0 Å². The van der Waals surface area contributed by atoms with Gasteiger partial charge in [0.25, 0.3) is 0 Å². The first-order valence-electron chi connectivity index (χ1n) is 9.78.